The predicted molar refractivity (Wildman–Crippen MR) is 131 cm³/mol. The molecule has 0 bridgehead atoms. The number of hydrogen-bond donors (Lipinski definition) is 3. The summed E-state index contributed by atoms with van der Waals surface area (Å²) in [5.74, 6) is 0.563. The molecule has 3 N–H and O–H groups in total. The lowest BCUT2D eigenvalue weighted by Crippen LogP contribution is -2.44. The first-order valence-corrected chi connectivity index (χ1v) is 10.3. The topological polar surface area (TPSA) is 68.3 Å². The van der Waals surface area contributed by atoms with Gasteiger partial charge in [-0.05, 0) is 37.6 Å². The molecule has 0 amide bonds. The molecular formula is C22H27F2IN6. The van der Waals surface area contributed by atoms with Gasteiger partial charge in [0.15, 0.2) is 5.96 Å². The summed E-state index contributed by atoms with van der Waals surface area (Å²) in [6.45, 7) is 4.71. The summed E-state index contributed by atoms with van der Waals surface area (Å²) in [7, 11) is 0. The van der Waals surface area contributed by atoms with Gasteiger partial charge in [-0.25, -0.2) is 13.8 Å². The second-order valence-corrected chi connectivity index (χ2v) is 7.38. The minimum Gasteiger partial charge on any atom is -0.367 e. The van der Waals surface area contributed by atoms with Gasteiger partial charge in [-0.1, -0.05) is 12.1 Å². The zero-order valence-electron chi connectivity index (χ0n) is 17.4. The Hall–Kier alpha value is -2.43. The van der Waals surface area contributed by atoms with Crippen LogP contribution in [0.15, 0.2) is 47.5 Å². The van der Waals surface area contributed by atoms with Gasteiger partial charge in [-0.3, -0.25) is 4.99 Å². The molecule has 1 aromatic heterocycles. The van der Waals surface area contributed by atoms with Gasteiger partial charge in [0.25, 0.3) is 0 Å². The maximum Gasteiger partial charge on any atom is 0.191 e. The smallest absolute Gasteiger partial charge is 0.191 e. The second kappa shape index (κ2) is 10.7. The SMILES string of the molecule is CCNC(=NCCc1nc2ccccc2[nH]1)NC1CCN(c2ccc(F)cc2F)C1.I. The molecule has 31 heavy (non-hydrogen) atoms. The van der Waals surface area contributed by atoms with Gasteiger partial charge in [-0.2, -0.15) is 0 Å². The average Bonchev–Trinajstić information content (AvgIpc) is 3.34. The van der Waals surface area contributed by atoms with Gasteiger partial charge in [0, 0.05) is 44.7 Å². The van der Waals surface area contributed by atoms with E-state index in [2.05, 4.69) is 25.6 Å². The van der Waals surface area contributed by atoms with Gasteiger partial charge < -0.3 is 20.5 Å². The minimum atomic E-state index is -0.559. The van der Waals surface area contributed by atoms with E-state index in [1.165, 1.54) is 12.1 Å². The van der Waals surface area contributed by atoms with E-state index < -0.39 is 11.6 Å². The summed E-state index contributed by atoms with van der Waals surface area (Å²) in [6.07, 6.45) is 1.56. The van der Waals surface area contributed by atoms with Crippen LogP contribution in [0.25, 0.3) is 11.0 Å². The molecule has 2 heterocycles. The third-order valence-corrected chi connectivity index (χ3v) is 5.18. The van der Waals surface area contributed by atoms with Crippen molar-refractivity contribution in [2.24, 2.45) is 4.99 Å². The molecule has 1 saturated heterocycles. The largest absolute Gasteiger partial charge is 0.367 e. The van der Waals surface area contributed by atoms with E-state index in [4.69, 9.17) is 0 Å². The molecule has 4 rings (SSSR count). The second-order valence-electron chi connectivity index (χ2n) is 7.38. The number of aliphatic imine (C=N–C) groups is 1. The molecule has 1 fully saturated rings. The first-order chi connectivity index (χ1) is 14.6. The van der Waals surface area contributed by atoms with Crippen LogP contribution in [0.4, 0.5) is 14.5 Å². The molecule has 1 unspecified atom stereocenters. The highest BCUT2D eigenvalue weighted by molar-refractivity contribution is 14.0. The molecule has 2 aromatic carbocycles. The van der Waals surface area contributed by atoms with Crippen molar-refractivity contribution in [3.05, 3.63) is 59.9 Å². The van der Waals surface area contributed by atoms with Gasteiger partial charge in [0.1, 0.15) is 17.5 Å². The van der Waals surface area contributed by atoms with E-state index in [1.807, 2.05) is 36.1 Å². The number of nitrogens with one attached hydrogen (secondary N) is 3. The van der Waals surface area contributed by atoms with Crippen molar-refractivity contribution in [3.63, 3.8) is 0 Å². The Bertz CT molecular complexity index is 1000. The average molecular weight is 540 g/mol. The van der Waals surface area contributed by atoms with Crippen LogP contribution in [0.3, 0.4) is 0 Å². The number of hydrogen-bond acceptors (Lipinski definition) is 3. The minimum absolute atomic E-state index is 0. The van der Waals surface area contributed by atoms with E-state index >= 15 is 0 Å². The van der Waals surface area contributed by atoms with Crippen LogP contribution in [0.2, 0.25) is 0 Å². The molecule has 0 aliphatic carbocycles. The summed E-state index contributed by atoms with van der Waals surface area (Å²) >= 11 is 0. The molecule has 6 nitrogen and oxygen atoms in total. The van der Waals surface area contributed by atoms with Crippen molar-refractivity contribution >= 4 is 46.7 Å². The molecule has 0 spiro atoms. The van der Waals surface area contributed by atoms with Crippen LogP contribution in [0.1, 0.15) is 19.2 Å². The molecular weight excluding hydrogens is 513 g/mol. The van der Waals surface area contributed by atoms with E-state index in [9.17, 15) is 8.78 Å². The lowest BCUT2D eigenvalue weighted by molar-refractivity contribution is 0.580. The highest BCUT2D eigenvalue weighted by Crippen LogP contribution is 2.24. The molecule has 166 valence electrons. The van der Waals surface area contributed by atoms with Crippen LogP contribution in [-0.2, 0) is 6.42 Å². The number of anilines is 1. The van der Waals surface area contributed by atoms with Crippen molar-refractivity contribution in [1.82, 2.24) is 20.6 Å². The predicted octanol–water partition coefficient (Wildman–Crippen LogP) is 3.84. The summed E-state index contributed by atoms with van der Waals surface area (Å²) in [5.41, 5.74) is 2.42. The van der Waals surface area contributed by atoms with Crippen LogP contribution in [-0.4, -0.2) is 48.1 Å². The van der Waals surface area contributed by atoms with Crippen LogP contribution < -0.4 is 15.5 Å². The fourth-order valence-electron chi connectivity index (χ4n) is 3.75. The quantitative estimate of drug-likeness (QED) is 0.253. The van der Waals surface area contributed by atoms with Gasteiger partial charge in [-0.15, -0.1) is 24.0 Å². The number of aromatic nitrogens is 2. The molecule has 9 heteroatoms. The van der Waals surface area contributed by atoms with Gasteiger partial charge in [0.2, 0.25) is 0 Å². The van der Waals surface area contributed by atoms with Crippen molar-refractivity contribution < 1.29 is 8.78 Å². The zero-order chi connectivity index (χ0) is 20.9. The summed E-state index contributed by atoms with van der Waals surface area (Å²) < 4.78 is 27.2. The number of guanidine groups is 1. The first-order valence-electron chi connectivity index (χ1n) is 10.3. The number of imidazole rings is 1. The Morgan fingerprint density at radius 2 is 2.10 bits per heavy atom. The van der Waals surface area contributed by atoms with Gasteiger partial charge >= 0.3 is 0 Å². The molecule has 1 aliphatic heterocycles. The Balaban J connectivity index is 0.00000272. The molecule has 1 atom stereocenters. The van der Waals surface area contributed by atoms with Crippen molar-refractivity contribution in [2.75, 3.05) is 31.1 Å². The Morgan fingerprint density at radius 3 is 2.87 bits per heavy atom. The Morgan fingerprint density at radius 1 is 1.26 bits per heavy atom. The standard InChI is InChI=1S/C22H26F2N6.HI/c1-2-25-22(26-11-9-21-28-18-5-3-4-6-19(18)29-21)27-16-10-12-30(14-16)20-8-7-15(23)13-17(20)24;/h3-8,13,16H,2,9-12,14H2,1H3,(H,28,29)(H2,25,26,27);1H. The van der Waals surface area contributed by atoms with E-state index in [1.54, 1.807) is 0 Å². The third-order valence-electron chi connectivity index (χ3n) is 5.18. The van der Waals surface area contributed by atoms with Crippen LogP contribution >= 0.6 is 24.0 Å². The van der Waals surface area contributed by atoms with Crippen LogP contribution in [0.5, 0.6) is 0 Å². The number of rotatable bonds is 6. The fourth-order valence-corrected chi connectivity index (χ4v) is 3.75. The first kappa shape index (κ1) is 23.2. The summed E-state index contributed by atoms with van der Waals surface area (Å²) in [4.78, 5) is 14.5. The zero-order valence-corrected chi connectivity index (χ0v) is 19.7. The number of nitrogens with zero attached hydrogens (tertiary/aromatic N) is 3. The van der Waals surface area contributed by atoms with E-state index in [0.29, 0.717) is 31.7 Å². The van der Waals surface area contributed by atoms with Crippen molar-refractivity contribution in [2.45, 2.75) is 25.8 Å². The lowest BCUT2D eigenvalue weighted by atomic mass is 10.2. The van der Waals surface area contributed by atoms with Crippen LogP contribution in [0, 0.1) is 11.6 Å². The van der Waals surface area contributed by atoms with Crippen molar-refractivity contribution in [3.8, 4) is 0 Å². The molecule has 1 aliphatic rings. The number of H-pyrrole nitrogens is 1. The molecule has 0 radical (unpaired) electrons. The number of halogens is 3. The normalized spacial score (nSPS) is 16.4. The van der Waals surface area contributed by atoms with E-state index in [0.717, 1.165) is 41.8 Å². The monoisotopic (exact) mass is 540 g/mol. The van der Waals surface area contributed by atoms with Gasteiger partial charge in [0.05, 0.1) is 16.7 Å². The number of aromatic amines is 1. The Kier molecular flexibility index (Phi) is 8.05. The maximum absolute atomic E-state index is 14.1. The highest BCUT2D eigenvalue weighted by Gasteiger charge is 2.25. The third kappa shape index (κ3) is 5.84. The molecule has 3 aromatic rings. The summed E-state index contributed by atoms with van der Waals surface area (Å²) in [6, 6.07) is 11.8. The highest BCUT2D eigenvalue weighted by atomic mass is 127. The Labute approximate surface area is 197 Å². The number of benzene rings is 2. The number of para-hydroxylation sites is 2. The number of fused-ring (bicyclic) bond motifs is 1. The lowest BCUT2D eigenvalue weighted by Gasteiger charge is -2.21. The molecule has 0 saturated carbocycles. The fraction of sp³-hybridized carbons (Fsp3) is 0.364. The maximum atomic E-state index is 14.1. The summed E-state index contributed by atoms with van der Waals surface area (Å²) in [5, 5.41) is 6.69. The van der Waals surface area contributed by atoms with Crippen molar-refractivity contribution in [1.29, 1.82) is 0 Å². The van der Waals surface area contributed by atoms with E-state index in [-0.39, 0.29) is 30.0 Å².